The van der Waals surface area contributed by atoms with Crippen LogP contribution in [-0.4, -0.2) is 35.4 Å². The SMILES string of the molecule is CC1CCCC(C)N1C(=O)COc1ccc(C(=O)Nc2ccccc2)cc1. The van der Waals surface area contributed by atoms with E-state index in [0.29, 0.717) is 11.3 Å². The molecule has 2 atom stereocenters. The summed E-state index contributed by atoms with van der Waals surface area (Å²) in [4.78, 5) is 26.7. The number of benzene rings is 2. The summed E-state index contributed by atoms with van der Waals surface area (Å²) in [6.45, 7) is 4.20. The van der Waals surface area contributed by atoms with Crippen LogP contribution in [0.25, 0.3) is 0 Å². The average Bonchev–Trinajstić information content (AvgIpc) is 2.67. The predicted molar refractivity (Wildman–Crippen MR) is 106 cm³/mol. The third kappa shape index (κ3) is 4.88. The number of ether oxygens (including phenoxy) is 1. The highest BCUT2D eigenvalue weighted by Gasteiger charge is 2.28. The first-order valence-corrected chi connectivity index (χ1v) is 9.45. The van der Waals surface area contributed by atoms with Gasteiger partial charge in [-0.15, -0.1) is 0 Å². The summed E-state index contributed by atoms with van der Waals surface area (Å²) in [5, 5.41) is 2.84. The van der Waals surface area contributed by atoms with Crippen LogP contribution < -0.4 is 10.1 Å². The molecule has 1 aliphatic rings. The predicted octanol–water partition coefficient (Wildman–Crippen LogP) is 4.11. The highest BCUT2D eigenvalue weighted by atomic mass is 16.5. The molecule has 1 aliphatic heterocycles. The third-order valence-electron chi connectivity index (χ3n) is 4.99. The number of piperidine rings is 1. The number of rotatable bonds is 5. The Balaban J connectivity index is 1.54. The standard InChI is InChI=1S/C22H26N2O3/c1-16-7-6-8-17(2)24(16)21(25)15-27-20-13-11-18(12-14-20)22(26)23-19-9-4-3-5-10-19/h3-5,9-14,16-17H,6-8,15H2,1-2H3,(H,23,26). The number of amides is 2. The number of carbonyl (C=O) groups is 2. The normalized spacial score (nSPS) is 19.4. The number of hydrogen-bond acceptors (Lipinski definition) is 3. The number of carbonyl (C=O) groups excluding carboxylic acids is 2. The van der Waals surface area contributed by atoms with Gasteiger partial charge in [0.15, 0.2) is 6.61 Å². The van der Waals surface area contributed by atoms with Crippen molar-refractivity contribution in [2.75, 3.05) is 11.9 Å². The summed E-state index contributed by atoms with van der Waals surface area (Å²) in [6, 6.07) is 16.7. The van der Waals surface area contributed by atoms with Gasteiger partial charge in [0, 0.05) is 23.3 Å². The number of likely N-dealkylation sites (tertiary alicyclic amines) is 1. The summed E-state index contributed by atoms with van der Waals surface area (Å²) >= 11 is 0. The summed E-state index contributed by atoms with van der Waals surface area (Å²) in [7, 11) is 0. The van der Waals surface area contributed by atoms with Gasteiger partial charge in [-0.25, -0.2) is 0 Å². The first-order valence-electron chi connectivity index (χ1n) is 9.45. The molecule has 2 aromatic rings. The van der Waals surface area contributed by atoms with E-state index in [1.54, 1.807) is 24.3 Å². The fourth-order valence-corrected chi connectivity index (χ4v) is 3.56. The summed E-state index contributed by atoms with van der Waals surface area (Å²) in [5.41, 5.74) is 1.29. The highest BCUT2D eigenvalue weighted by Crippen LogP contribution is 2.23. The van der Waals surface area contributed by atoms with Gasteiger partial charge in [0.25, 0.3) is 11.8 Å². The molecule has 5 heteroatoms. The maximum absolute atomic E-state index is 12.5. The molecular formula is C22H26N2O3. The lowest BCUT2D eigenvalue weighted by atomic mass is 9.97. The Morgan fingerprint density at radius 1 is 1.00 bits per heavy atom. The number of anilines is 1. The zero-order valence-corrected chi connectivity index (χ0v) is 15.9. The van der Waals surface area contributed by atoms with Gasteiger partial charge in [0.05, 0.1) is 0 Å². The van der Waals surface area contributed by atoms with E-state index in [2.05, 4.69) is 19.2 Å². The van der Waals surface area contributed by atoms with Crippen LogP contribution >= 0.6 is 0 Å². The van der Waals surface area contributed by atoms with Crippen LogP contribution in [0.5, 0.6) is 5.75 Å². The van der Waals surface area contributed by atoms with E-state index in [1.165, 1.54) is 6.42 Å². The molecule has 27 heavy (non-hydrogen) atoms. The van der Waals surface area contributed by atoms with Gasteiger partial charge in [-0.1, -0.05) is 18.2 Å². The van der Waals surface area contributed by atoms with Crippen molar-refractivity contribution >= 4 is 17.5 Å². The lowest BCUT2D eigenvalue weighted by Gasteiger charge is -2.38. The van der Waals surface area contributed by atoms with Gasteiger partial charge >= 0.3 is 0 Å². The molecule has 0 aromatic heterocycles. The molecule has 2 aromatic carbocycles. The van der Waals surface area contributed by atoms with Gasteiger partial charge in [0.1, 0.15) is 5.75 Å². The van der Waals surface area contributed by atoms with Crippen LogP contribution in [0.4, 0.5) is 5.69 Å². The molecule has 1 fully saturated rings. The molecule has 0 aliphatic carbocycles. The van der Waals surface area contributed by atoms with Crippen molar-refractivity contribution in [3.05, 3.63) is 60.2 Å². The van der Waals surface area contributed by atoms with Crippen molar-refractivity contribution < 1.29 is 14.3 Å². The first-order chi connectivity index (χ1) is 13.0. The highest BCUT2D eigenvalue weighted by molar-refractivity contribution is 6.04. The van der Waals surface area contributed by atoms with Crippen molar-refractivity contribution in [2.24, 2.45) is 0 Å². The van der Waals surface area contributed by atoms with E-state index in [0.717, 1.165) is 18.5 Å². The van der Waals surface area contributed by atoms with Crippen molar-refractivity contribution in [1.29, 1.82) is 0 Å². The minimum atomic E-state index is -0.181. The largest absolute Gasteiger partial charge is 0.484 e. The van der Waals surface area contributed by atoms with E-state index in [-0.39, 0.29) is 30.5 Å². The number of nitrogens with one attached hydrogen (secondary N) is 1. The Bertz CT molecular complexity index is 764. The second kappa shape index (κ2) is 8.71. The van der Waals surface area contributed by atoms with Crippen molar-refractivity contribution in [3.8, 4) is 5.75 Å². The zero-order valence-electron chi connectivity index (χ0n) is 15.9. The van der Waals surface area contributed by atoms with Gasteiger partial charge in [0.2, 0.25) is 0 Å². The zero-order chi connectivity index (χ0) is 19.2. The molecule has 1 saturated heterocycles. The van der Waals surface area contributed by atoms with Crippen LogP contribution in [0, 0.1) is 0 Å². The molecular weight excluding hydrogens is 340 g/mol. The van der Waals surface area contributed by atoms with Crippen molar-refractivity contribution in [2.45, 2.75) is 45.2 Å². The molecule has 3 rings (SSSR count). The van der Waals surface area contributed by atoms with Crippen LogP contribution in [0.2, 0.25) is 0 Å². The van der Waals surface area contributed by atoms with Gasteiger partial charge in [-0.2, -0.15) is 0 Å². The molecule has 5 nitrogen and oxygen atoms in total. The van der Waals surface area contributed by atoms with Crippen LogP contribution in [0.15, 0.2) is 54.6 Å². The lowest BCUT2D eigenvalue weighted by Crippen LogP contribution is -2.49. The van der Waals surface area contributed by atoms with Gasteiger partial charge in [-0.3, -0.25) is 9.59 Å². The third-order valence-corrected chi connectivity index (χ3v) is 4.99. The Morgan fingerprint density at radius 3 is 2.26 bits per heavy atom. The summed E-state index contributed by atoms with van der Waals surface area (Å²) in [5.74, 6) is 0.414. The van der Waals surface area contributed by atoms with Crippen molar-refractivity contribution in [1.82, 2.24) is 4.90 Å². The number of nitrogens with zero attached hydrogens (tertiary/aromatic N) is 1. The first kappa shape index (κ1) is 19.0. The van der Waals surface area contributed by atoms with Crippen LogP contribution in [0.3, 0.4) is 0 Å². The minimum Gasteiger partial charge on any atom is -0.484 e. The summed E-state index contributed by atoms with van der Waals surface area (Å²) in [6.07, 6.45) is 3.25. The maximum Gasteiger partial charge on any atom is 0.260 e. The fraction of sp³-hybridized carbons (Fsp3) is 0.364. The van der Waals surface area contributed by atoms with Gasteiger partial charge in [-0.05, 0) is 69.5 Å². The van der Waals surface area contributed by atoms with E-state index >= 15 is 0 Å². The van der Waals surface area contributed by atoms with Gasteiger partial charge < -0.3 is 15.0 Å². The molecule has 0 bridgehead atoms. The maximum atomic E-state index is 12.5. The minimum absolute atomic E-state index is 0.0144. The Hall–Kier alpha value is -2.82. The Labute approximate surface area is 160 Å². The number of para-hydroxylation sites is 1. The smallest absolute Gasteiger partial charge is 0.260 e. The molecule has 0 saturated carbocycles. The van der Waals surface area contributed by atoms with Crippen LogP contribution in [-0.2, 0) is 4.79 Å². The molecule has 2 unspecified atom stereocenters. The molecule has 0 spiro atoms. The van der Waals surface area contributed by atoms with E-state index in [9.17, 15) is 9.59 Å². The molecule has 2 amide bonds. The number of hydrogen-bond donors (Lipinski definition) is 1. The molecule has 1 heterocycles. The van der Waals surface area contributed by atoms with E-state index in [4.69, 9.17) is 4.74 Å². The average molecular weight is 366 g/mol. The van der Waals surface area contributed by atoms with Crippen LogP contribution in [0.1, 0.15) is 43.5 Å². The fourth-order valence-electron chi connectivity index (χ4n) is 3.56. The molecule has 0 radical (unpaired) electrons. The topological polar surface area (TPSA) is 58.6 Å². The second-order valence-electron chi connectivity index (χ2n) is 7.06. The Morgan fingerprint density at radius 2 is 1.63 bits per heavy atom. The summed E-state index contributed by atoms with van der Waals surface area (Å²) < 4.78 is 5.65. The quantitative estimate of drug-likeness (QED) is 0.866. The van der Waals surface area contributed by atoms with E-state index < -0.39 is 0 Å². The Kier molecular flexibility index (Phi) is 6.12. The monoisotopic (exact) mass is 366 g/mol. The van der Waals surface area contributed by atoms with E-state index in [1.807, 2.05) is 35.2 Å². The van der Waals surface area contributed by atoms with Crippen molar-refractivity contribution in [3.63, 3.8) is 0 Å². The molecule has 1 N–H and O–H groups in total. The lowest BCUT2D eigenvalue weighted by molar-refractivity contribution is -0.139. The second-order valence-corrected chi connectivity index (χ2v) is 7.06. The molecule has 142 valence electrons.